The Labute approximate surface area is 197 Å². The van der Waals surface area contributed by atoms with Crippen molar-refractivity contribution in [3.63, 3.8) is 0 Å². The van der Waals surface area contributed by atoms with Crippen LogP contribution in [0.5, 0.6) is 0 Å². The number of halogens is 1. The molecule has 0 aliphatic carbocycles. The molecule has 2 fully saturated rings. The molecule has 0 bridgehead atoms. The summed E-state index contributed by atoms with van der Waals surface area (Å²) in [6.07, 6.45) is 2.85. The predicted octanol–water partition coefficient (Wildman–Crippen LogP) is 3.99. The zero-order chi connectivity index (χ0) is 22.9. The van der Waals surface area contributed by atoms with Crippen LogP contribution in [-0.4, -0.2) is 55.6 Å². The number of anilines is 1. The molecule has 2 amide bonds. The summed E-state index contributed by atoms with van der Waals surface area (Å²) in [6, 6.07) is 6.85. The maximum atomic E-state index is 13.1. The Morgan fingerprint density at radius 1 is 1.09 bits per heavy atom. The molecule has 2 aliphatic heterocycles. The third kappa shape index (κ3) is 4.85. The molecule has 0 saturated carbocycles. The number of carbonyl (C=O) groups excluding carboxylic acids is 2. The number of sulfonamides is 1. The Balaban J connectivity index is 1.36. The lowest BCUT2D eigenvalue weighted by atomic mass is 9.97. The molecule has 0 unspecified atom stereocenters. The minimum Gasteiger partial charge on any atom is -0.339 e. The molecule has 2 aliphatic rings. The van der Waals surface area contributed by atoms with Crippen molar-refractivity contribution >= 4 is 50.5 Å². The average Bonchev–Trinajstić information content (AvgIpc) is 3.49. The van der Waals surface area contributed by atoms with Gasteiger partial charge < -0.3 is 10.2 Å². The molecule has 2 saturated heterocycles. The van der Waals surface area contributed by atoms with Gasteiger partial charge in [0.1, 0.15) is 4.21 Å². The Morgan fingerprint density at radius 3 is 2.44 bits per heavy atom. The lowest BCUT2D eigenvalue weighted by Crippen LogP contribution is -2.41. The van der Waals surface area contributed by atoms with Gasteiger partial charge in [0.2, 0.25) is 5.91 Å². The largest absolute Gasteiger partial charge is 0.339 e. The van der Waals surface area contributed by atoms with Crippen molar-refractivity contribution in [2.45, 2.75) is 36.8 Å². The monoisotopic (exact) mass is 495 g/mol. The van der Waals surface area contributed by atoms with Crippen LogP contribution in [0.15, 0.2) is 33.9 Å². The van der Waals surface area contributed by atoms with Gasteiger partial charge in [0.15, 0.2) is 0 Å². The second-order valence-electron chi connectivity index (χ2n) is 8.29. The predicted molar refractivity (Wildman–Crippen MR) is 126 cm³/mol. The molecule has 32 heavy (non-hydrogen) atoms. The second-order valence-corrected chi connectivity index (χ2v) is 11.8. The molecule has 0 atom stereocenters. The fourth-order valence-electron chi connectivity index (χ4n) is 4.07. The topological polar surface area (TPSA) is 86.8 Å². The van der Waals surface area contributed by atoms with Crippen LogP contribution >= 0.6 is 22.9 Å². The third-order valence-electron chi connectivity index (χ3n) is 6.07. The third-order valence-corrected chi connectivity index (χ3v) is 9.79. The van der Waals surface area contributed by atoms with Gasteiger partial charge in [-0.05, 0) is 56.4 Å². The number of thiophene rings is 1. The molecule has 1 aromatic carbocycles. The van der Waals surface area contributed by atoms with Crippen molar-refractivity contribution in [1.82, 2.24) is 9.21 Å². The second kappa shape index (κ2) is 9.51. The Bertz CT molecular complexity index is 1120. The lowest BCUT2D eigenvalue weighted by molar-refractivity contribution is -0.120. The van der Waals surface area contributed by atoms with Gasteiger partial charge in [-0.2, -0.15) is 4.31 Å². The number of nitrogens with one attached hydrogen (secondary N) is 1. The fraction of sp³-hybridized carbons (Fsp3) is 0.455. The molecule has 4 rings (SSSR count). The highest BCUT2D eigenvalue weighted by Gasteiger charge is 2.33. The van der Waals surface area contributed by atoms with E-state index in [4.69, 9.17) is 11.6 Å². The lowest BCUT2D eigenvalue weighted by Gasteiger charge is -2.30. The molecule has 172 valence electrons. The number of likely N-dealkylation sites (tertiary alicyclic amines) is 1. The number of nitrogens with zero attached hydrogens (tertiary/aromatic N) is 2. The van der Waals surface area contributed by atoms with E-state index in [1.807, 2.05) is 13.0 Å². The van der Waals surface area contributed by atoms with Gasteiger partial charge in [-0.1, -0.05) is 17.7 Å². The number of amides is 2. The molecular formula is C22H26ClN3O4S2. The summed E-state index contributed by atoms with van der Waals surface area (Å²) < 4.78 is 27.7. The zero-order valence-corrected chi connectivity index (χ0v) is 20.2. The number of carbonyl (C=O) groups is 2. The first-order chi connectivity index (χ1) is 15.3. The van der Waals surface area contributed by atoms with Crippen LogP contribution in [0.3, 0.4) is 0 Å². The van der Waals surface area contributed by atoms with Crippen molar-refractivity contribution in [2.24, 2.45) is 5.92 Å². The normalized spacial score (nSPS) is 18.1. The van der Waals surface area contributed by atoms with Gasteiger partial charge in [0.25, 0.3) is 15.9 Å². The molecular weight excluding hydrogens is 470 g/mol. The molecule has 3 heterocycles. The van der Waals surface area contributed by atoms with Crippen molar-refractivity contribution in [3.05, 3.63) is 45.8 Å². The van der Waals surface area contributed by atoms with Crippen LogP contribution < -0.4 is 5.32 Å². The first kappa shape index (κ1) is 23.2. The number of benzene rings is 1. The molecule has 0 radical (unpaired) electrons. The first-order valence-corrected chi connectivity index (χ1v) is 13.4. The van der Waals surface area contributed by atoms with Crippen molar-refractivity contribution in [1.29, 1.82) is 0 Å². The first-order valence-electron chi connectivity index (χ1n) is 10.7. The van der Waals surface area contributed by atoms with E-state index in [1.165, 1.54) is 10.4 Å². The number of hydrogen-bond acceptors (Lipinski definition) is 5. The molecule has 7 nitrogen and oxygen atoms in total. The van der Waals surface area contributed by atoms with Crippen LogP contribution in [0, 0.1) is 12.8 Å². The van der Waals surface area contributed by atoms with E-state index in [2.05, 4.69) is 5.32 Å². The number of hydrogen-bond donors (Lipinski definition) is 1. The summed E-state index contributed by atoms with van der Waals surface area (Å²) in [6.45, 7) is 3.87. The van der Waals surface area contributed by atoms with E-state index >= 15 is 0 Å². The van der Waals surface area contributed by atoms with Gasteiger partial charge in [-0.3, -0.25) is 9.59 Å². The Morgan fingerprint density at radius 2 is 1.78 bits per heavy atom. The van der Waals surface area contributed by atoms with E-state index in [0.717, 1.165) is 42.8 Å². The van der Waals surface area contributed by atoms with E-state index in [-0.39, 0.29) is 35.0 Å². The standard InChI is InChI=1S/C22H26ClN3O4S2/c1-15-4-5-18(13-19(15)23)24-21(27)16-6-10-26(11-7-16)32(29,30)20-12-17(14-31-20)22(28)25-8-2-3-9-25/h4-5,12-14,16H,2-3,6-11H2,1H3,(H,24,27). The van der Waals surface area contributed by atoms with E-state index in [9.17, 15) is 18.0 Å². The number of aryl methyl sites for hydroxylation is 1. The summed E-state index contributed by atoms with van der Waals surface area (Å²) in [5.41, 5.74) is 2.00. The zero-order valence-electron chi connectivity index (χ0n) is 17.8. The van der Waals surface area contributed by atoms with Crippen LogP contribution in [0.1, 0.15) is 41.6 Å². The molecule has 2 aromatic rings. The van der Waals surface area contributed by atoms with Crippen LogP contribution in [0.4, 0.5) is 5.69 Å². The molecule has 1 N–H and O–H groups in total. The Kier molecular flexibility index (Phi) is 6.90. The van der Waals surface area contributed by atoms with Crippen molar-refractivity contribution < 1.29 is 18.0 Å². The summed E-state index contributed by atoms with van der Waals surface area (Å²) in [5, 5.41) is 5.09. The highest BCUT2D eigenvalue weighted by Crippen LogP contribution is 2.29. The molecule has 0 spiro atoms. The van der Waals surface area contributed by atoms with Gasteiger partial charge in [0, 0.05) is 48.2 Å². The smallest absolute Gasteiger partial charge is 0.254 e. The minimum absolute atomic E-state index is 0.105. The van der Waals surface area contributed by atoms with E-state index in [1.54, 1.807) is 22.4 Å². The summed E-state index contributed by atoms with van der Waals surface area (Å²) in [5.74, 6) is -0.499. The fourth-order valence-corrected chi connectivity index (χ4v) is 7.02. The highest BCUT2D eigenvalue weighted by molar-refractivity contribution is 7.91. The van der Waals surface area contributed by atoms with Crippen molar-refractivity contribution in [3.8, 4) is 0 Å². The maximum Gasteiger partial charge on any atom is 0.254 e. The van der Waals surface area contributed by atoms with Gasteiger partial charge in [0.05, 0.1) is 5.56 Å². The SMILES string of the molecule is Cc1ccc(NC(=O)C2CCN(S(=O)(=O)c3cc(C(=O)N4CCCC4)cs3)CC2)cc1Cl. The van der Waals surface area contributed by atoms with Gasteiger partial charge in [-0.15, -0.1) is 11.3 Å². The Hall–Kier alpha value is -1.94. The van der Waals surface area contributed by atoms with Crippen molar-refractivity contribution in [2.75, 3.05) is 31.5 Å². The van der Waals surface area contributed by atoms with Crippen LogP contribution in [0.25, 0.3) is 0 Å². The van der Waals surface area contributed by atoms with E-state index < -0.39 is 10.0 Å². The maximum absolute atomic E-state index is 13.1. The minimum atomic E-state index is -3.68. The number of piperidine rings is 1. The molecule has 10 heteroatoms. The highest BCUT2D eigenvalue weighted by atomic mass is 35.5. The van der Waals surface area contributed by atoms with Crippen LogP contribution in [0.2, 0.25) is 5.02 Å². The summed E-state index contributed by atoms with van der Waals surface area (Å²) in [4.78, 5) is 26.9. The van der Waals surface area contributed by atoms with E-state index in [0.29, 0.717) is 29.1 Å². The summed E-state index contributed by atoms with van der Waals surface area (Å²) >= 11 is 7.20. The summed E-state index contributed by atoms with van der Waals surface area (Å²) in [7, 11) is -3.68. The van der Waals surface area contributed by atoms with Gasteiger partial charge in [-0.25, -0.2) is 8.42 Å². The quantitative estimate of drug-likeness (QED) is 0.679. The average molecular weight is 496 g/mol. The molecule has 1 aromatic heterocycles. The van der Waals surface area contributed by atoms with Crippen LogP contribution in [-0.2, 0) is 14.8 Å². The van der Waals surface area contributed by atoms with Gasteiger partial charge >= 0.3 is 0 Å². The number of rotatable bonds is 5.